The number of unbranched alkanes of at least 4 members (excludes halogenated alkanes) is 6. The Labute approximate surface area is 163 Å². The van der Waals surface area contributed by atoms with Crippen molar-refractivity contribution in [3.8, 4) is 0 Å². The normalized spacial score (nSPS) is 13.1. The Hall–Kier alpha value is -1.94. The van der Waals surface area contributed by atoms with Crippen LogP contribution in [0.4, 0.5) is 5.69 Å². The van der Waals surface area contributed by atoms with Gasteiger partial charge in [0.1, 0.15) is 0 Å². The fraction of sp³-hybridized carbons (Fsp3) is 0.455. The lowest BCUT2D eigenvalue weighted by Gasteiger charge is -2.11. The van der Waals surface area contributed by atoms with Crippen LogP contribution in [-0.2, 0) is 4.79 Å². The van der Waals surface area contributed by atoms with Gasteiger partial charge in [0.25, 0.3) is 0 Å². The van der Waals surface area contributed by atoms with Gasteiger partial charge in [-0.25, -0.2) is 0 Å². The number of benzene rings is 1. The Morgan fingerprint density at radius 2 is 1.58 bits per heavy atom. The third-order valence-corrected chi connectivity index (χ3v) is 4.77. The van der Waals surface area contributed by atoms with Crippen molar-refractivity contribution in [2.45, 2.75) is 64.2 Å². The number of thiocarbonyl (C=S) groups is 1. The summed E-state index contributed by atoms with van der Waals surface area (Å²) in [6, 6.07) is 8.14. The van der Waals surface area contributed by atoms with Crippen LogP contribution in [-0.4, -0.2) is 11.0 Å². The Morgan fingerprint density at radius 3 is 2.23 bits per heavy atom. The molecule has 1 amide bonds. The highest BCUT2D eigenvalue weighted by atomic mass is 32.1. The van der Waals surface area contributed by atoms with Gasteiger partial charge in [0.2, 0.25) is 5.91 Å². The molecule has 1 aromatic rings. The van der Waals surface area contributed by atoms with Crippen LogP contribution in [0.3, 0.4) is 0 Å². The van der Waals surface area contributed by atoms with Gasteiger partial charge in [-0.1, -0.05) is 81.9 Å². The second-order valence-corrected chi connectivity index (χ2v) is 7.20. The maximum absolute atomic E-state index is 12.0. The Bertz CT molecular complexity index is 622. The summed E-state index contributed by atoms with van der Waals surface area (Å²) in [5.41, 5.74) is 2.13. The third-order valence-electron chi connectivity index (χ3n) is 4.56. The number of nitrogens with one attached hydrogen (secondary N) is 2. The van der Waals surface area contributed by atoms with Crippen LogP contribution in [0.25, 0.3) is 0 Å². The predicted octanol–water partition coefficient (Wildman–Crippen LogP) is 5.85. The van der Waals surface area contributed by atoms with Gasteiger partial charge in [0.05, 0.1) is 0 Å². The average molecular weight is 371 g/mol. The number of hydrogen-bond donors (Lipinski definition) is 2. The molecule has 0 saturated heterocycles. The first kappa shape index (κ1) is 20.4. The van der Waals surface area contributed by atoms with Crippen LogP contribution < -0.4 is 10.6 Å². The minimum atomic E-state index is -0.00564. The third kappa shape index (κ3) is 7.52. The molecule has 1 aliphatic carbocycles. The zero-order valence-electron chi connectivity index (χ0n) is 15.7. The molecule has 0 spiro atoms. The highest BCUT2D eigenvalue weighted by molar-refractivity contribution is 7.80. The van der Waals surface area contributed by atoms with E-state index < -0.39 is 0 Å². The maximum Gasteiger partial charge on any atom is 0.226 e. The average Bonchev–Trinajstić information content (AvgIpc) is 3.16. The summed E-state index contributed by atoms with van der Waals surface area (Å²) in [4.78, 5) is 12.0. The van der Waals surface area contributed by atoms with E-state index in [0.29, 0.717) is 17.5 Å². The number of carbonyl (C=O) groups is 1. The molecule has 0 aliphatic heterocycles. The van der Waals surface area contributed by atoms with E-state index in [-0.39, 0.29) is 5.91 Å². The number of carbonyl (C=O) groups excluding carboxylic acids is 1. The smallest absolute Gasteiger partial charge is 0.226 e. The van der Waals surface area contributed by atoms with Crippen molar-refractivity contribution in [3.05, 3.63) is 54.1 Å². The van der Waals surface area contributed by atoms with Crippen LogP contribution in [0, 0.1) is 0 Å². The highest BCUT2D eigenvalue weighted by Gasteiger charge is 2.08. The second kappa shape index (κ2) is 11.6. The number of anilines is 1. The van der Waals surface area contributed by atoms with Crippen LogP contribution in [0.5, 0.6) is 0 Å². The Balaban J connectivity index is 1.62. The first-order valence-electron chi connectivity index (χ1n) is 9.75. The number of amides is 1. The quantitative estimate of drug-likeness (QED) is 0.401. The van der Waals surface area contributed by atoms with Gasteiger partial charge in [0.15, 0.2) is 5.11 Å². The van der Waals surface area contributed by atoms with Crippen molar-refractivity contribution >= 4 is 28.9 Å². The summed E-state index contributed by atoms with van der Waals surface area (Å²) < 4.78 is 0. The van der Waals surface area contributed by atoms with Crippen LogP contribution in [0.1, 0.15) is 69.8 Å². The molecular formula is C22H30N2OS. The van der Waals surface area contributed by atoms with Crippen molar-refractivity contribution in [1.82, 2.24) is 5.32 Å². The summed E-state index contributed by atoms with van der Waals surface area (Å²) in [5, 5.41) is 6.21. The lowest BCUT2D eigenvalue weighted by Crippen LogP contribution is -2.33. The first-order chi connectivity index (χ1) is 12.7. The molecule has 0 bridgehead atoms. The minimum absolute atomic E-state index is 0.00564. The summed E-state index contributed by atoms with van der Waals surface area (Å²) in [5.74, 6) is 0.353. The molecule has 1 aromatic carbocycles. The number of hydrogen-bond acceptors (Lipinski definition) is 2. The fourth-order valence-electron chi connectivity index (χ4n) is 3.04. The van der Waals surface area contributed by atoms with E-state index in [1.54, 1.807) is 0 Å². The van der Waals surface area contributed by atoms with Gasteiger partial charge in [-0.05, 0) is 36.3 Å². The summed E-state index contributed by atoms with van der Waals surface area (Å²) >= 11 is 5.24. The Morgan fingerprint density at radius 1 is 0.962 bits per heavy atom. The molecule has 2 N–H and O–H groups in total. The van der Waals surface area contributed by atoms with Gasteiger partial charge < -0.3 is 10.6 Å². The SMILES string of the molecule is CCCCCCCCCC(=O)NC(=S)Nc1ccc(C2C=CC=C2)cc1. The molecule has 0 radical (unpaired) electrons. The fourth-order valence-corrected chi connectivity index (χ4v) is 3.27. The van der Waals surface area contributed by atoms with Gasteiger partial charge >= 0.3 is 0 Å². The second-order valence-electron chi connectivity index (χ2n) is 6.79. The van der Waals surface area contributed by atoms with E-state index in [4.69, 9.17) is 12.2 Å². The van der Waals surface area contributed by atoms with E-state index in [9.17, 15) is 4.79 Å². The Kier molecular flexibility index (Phi) is 9.11. The zero-order valence-corrected chi connectivity index (χ0v) is 16.5. The molecule has 140 valence electrons. The molecule has 2 rings (SSSR count). The number of allylic oxidation sites excluding steroid dienone is 4. The highest BCUT2D eigenvalue weighted by Crippen LogP contribution is 2.24. The first-order valence-corrected chi connectivity index (χ1v) is 10.2. The van der Waals surface area contributed by atoms with Gasteiger partial charge in [-0.3, -0.25) is 4.79 Å². The van der Waals surface area contributed by atoms with Crippen LogP contribution in [0.2, 0.25) is 0 Å². The van der Waals surface area contributed by atoms with E-state index in [1.165, 1.54) is 37.7 Å². The molecule has 0 aromatic heterocycles. The largest absolute Gasteiger partial charge is 0.332 e. The minimum Gasteiger partial charge on any atom is -0.332 e. The monoisotopic (exact) mass is 370 g/mol. The molecule has 0 unspecified atom stereocenters. The summed E-state index contributed by atoms with van der Waals surface area (Å²) in [6.07, 6.45) is 17.4. The molecule has 1 aliphatic rings. The molecule has 26 heavy (non-hydrogen) atoms. The van der Waals surface area contributed by atoms with E-state index >= 15 is 0 Å². The molecule has 0 heterocycles. The van der Waals surface area contributed by atoms with Crippen molar-refractivity contribution in [1.29, 1.82) is 0 Å². The predicted molar refractivity (Wildman–Crippen MR) is 114 cm³/mol. The molecule has 0 atom stereocenters. The summed E-state index contributed by atoms with van der Waals surface area (Å²) in [7, 11) is 0. The molecular weight excluding hydrogens is 340 g/mol. The molecule has 0 saturated carbocycles. The van der Waals surface area contributed by atoms with Gasteiger partial charge in [0, 0.05) is 18.0 Å². The number of rotatable bonds is 10. The van der Waals surface area contributed by atoms with Gasteiger partial charge in [-0.2, -0.15) is 0 Å². The van der Waals surface area contributed by atoms with Crippen molar-refractivity contribution < 1.29 is 4.79 Å². The van der Waals surface area contributed by atoms with E-state index in [0.717, 1.165) is 18.5 Å². The van der Waals surface area contributed by atoms with Crippen LogP contribution >= 0.6 is 12.2 Å². The van der Waals surface area contributed by atoms with Crippen molar-refractivity contribution in [3.63, 3.8) is 0 Å². The molecule has 3 nitrogen and oxygen atoms in total. The standard InChI is InChI=1S/C22H30N2OS/c1-2-3-4-5-6-7-8-13-21(25)24-22(26)23-20-16-14-19(15-17-20)18-11-9-10-12-18/h9-12,14-18H,2-8,13H2,1H3,(H2,23,24,25,26). The lowest BCUT2D eigenvalue weighted by molar-refractivity contribution is -0.119. The lowest BCUT2D eigenvalue weighted by atomic mass is 10.0. The van der Waals surface area contributed by atoms with E-state index in [2.05, 4.69) is 54.0 Å². The molecule has 4 heteroatoms. The van der Waals surface area contributed by atoms with Crippen LogP contribution in [0.15, 0.2) is 48.6 Å². The molecule has 0 fully saturated rings. The van der Waals surface area contributed by atoms with Crippen molar-refractivity contribution in [2.24, 2.45) is 0 Å². The van der Waals surface area contributed by atoms with Crippen molar-refractivity contribution in [2.75, 3.05) is 5.32 Å². The van der Waals surface area contributed by atoms with Gasteiger partial charge in [-0.15, -0.1) is 0 Å². The van der Waals surface area contributed by atoms with E-state index in [1.807, 2.05) is 12.1 Å². The summed E-state index contributed by atoms with van der Waals surface area (Å²) in [6.45, 7) is 2.22. The topological polar surface area (TPSA) is 41.1 Å². The maximum atomic E-state index is 12.0. The zero-order chi connectivity index (χ0) is 18.6.